The maximum absolute atomic E-state index is 9.99. The topological polar surface area (TPSA) is 33.1 Å². The summed E-state index contributed by atoms with van der Waals surface area (Å²) in [6.07, 6.45) is 2.99. The molecule has 1 unspecified atom stereocenters. The van der Waals surface area contributed by atoms with Crippen LogP contribution in [-0.4, -0.2) is 10.1 Å². The lowest BCUT2D eigenvalue weighted by molar-refractivity contribution is 0.168. The number of rotatable bonds is 4. The molecule has 0 aliphatic rings. The third kappa shape index (κ3) is 2.90. The lowest BCUT2D eigenvalue weighted by Crippen LogP contribution is -1.99. The Kier molecular flexibility index (Phi) is 3.70. The van der Waals surface area contributed by atoms with Crippen LogP contribution < -0.4 is 0 Å². The predicted molar refractivity (Wildman–Crippen MR) is 66.6 cm³/mol. The van der Waals surface area contributed by atoms with Crippen molar-refractivity contribution in [3.63, 3.8) is 0 Å². The summed E-state index contributed by atoms with van der Waals surface area (Å²) in [5.41, 5.74) is 2.21. The molecule has 1 aromatic carbocycles. The molecule has 0 fully saturated rings. The highest BCUT2D eigenvalue weighted by Crippen LogP contribution is 2.20. The molecule has 84 valence electrons. The summed E-state index contributed by atoms with van der Waals surface area (Å²) < 4.78 is 0. The van der Waals surface area contributed by atoms with E-state index in [1.807, 2.05) is 36.6 Å². The summed E-state index contributed by atoms with van der Waals surface area (Å²) in [6, 6.07) is 8.04. The maximum atomic E-state index is 9.99. The Hall–Kier alpha value is -1.19. The number of aliphatic hydroxyl groups is 1. The highest BCUT2D eigenvalue weighted by atomic mass is 32.1. The van der Waals surface area contributed by atoms with Gasteiger partial charge in [0.15, 0.2) is 0 Å². The molecule has 2 rings (SSSR count). The molecule has 1 aromatic heterocycles. The monoisotopic (exact) mass is 233 g/mol. The SMILES string of the molecule is Cc1ccc(C(O)CCc2nccs2)cc1. The van der Waals surface area contributed by atoms with E-state index < -0.39 is 0 Å². The zero-order valence-electron chi connectivity index (χ0n) is 9.26. The first-order chi connectivity index (χ1) is 7.75. The fourth-order valence-electron chi connectivity index (χ4n) is 1.59. The van der Waals surface area contributed by atoms with E-state index in [2.05, 4.69) is 4.98 Å². The second-order valence-corrected chi connectivity index (χ2v) is 4.87. The number of hydrogen-bond donors (Lipinski definition) is 1. The molecular weight excluding hydrogens is 218 g/mol. The van der Waals surface area contributed by atoms with Crippen molar-refractivity contribution in [3.8, 4) is 0 Å². The molecule has 2 nitrogen and oxygen atoms in total. The van der Waals surface area contributed by atoms with Gasteiger partial charge in [-0.2, -0.15) is 0 Å². The highest BCUT2D eigenvalue weighted by molar-refractivity contribution is 7.09. The van der Waals surface area contributed by atoms with E-state index in [4.69, 9.17) is 0 Å². The maximum Gasteiger partial charge on any atom is 0.0925 e. The van der Waals surface area contributed by atoms with Crippen molar-refractivity contribution in [2.24, 2.45) is 0 Å². The number of nitrogens with zero attached hydrogens (tertiary/aromatic N) is 1. The second-order valence-electron chi connectivity index (χ2n) is 3.89. The van der Waals surface area contributed by atoms with Crippen LogP contribution in [0.1, 0.15) is 28.7 Å². The van der Waals surface area contributed by atoms with E-state index in [0.717, 1.165) is 23.4 Å². The van der Waals surface area contributed by atoms with Crippen molar-refractivity contribution in [3.05, 3.63) is 52.0 Å². The van der Waals surface area contributed by atoms with Crippen LogP contribution in [0.15, 0.2) is 35.8 Å². The minimum atomic E-state index is -0.385. The second kappa shape index (κ2) is 5.23. The predicted octanol–water partition coefficient (Wildman–Crippen LogP) is 3.12. The van der Waals surface area contributed by atoms with Gasteiger partial charge in [0, 0.05) is 18.0 Å². The summed E-state index contributed by atoms with van der Waals surface area (Å²) in [4.78, 5) is 4.20. The molecule has 0 aliphatic carbocycles. The summed E-state index contributed by atoms with van der Waals surface area (Å²) in [6.45, 7) is 2.05. The summed E-state index contributed by atoms with van der Waals surface area (Å²) in [5.74, 6) is 0. The van der Waals surface area contributed by atoms with E-state index in [1.165, 1.54) is 5.56 Å². The first-order valence-electron chi connectivity index (χ1n) is 5.39. The van der Waals surface area contributed by atoms with Gasteiger partial charge in [0.05, 0.1) is 11.1 Å². The van der Waals surface area contributed by atoms with Crippen molar-refractivity contribution in [1.29, 1.82) is 0 Å². The fraction of sp³-hybridized carbons (Fsp3) is 0.308. The Morgan fingerprint density at radius 3 is 2.69 bits per heavy atom. The number of aliphatic hydroxyl groups excluding tert-OH is 1. The van der Waals surface area contributed by atoms with Gasteiger partial charge in [0.1, 0.15) is 0 Å². The van der Waals surface area contributed by atoms with Crippen molar-refractivity contribution in [1.82, 2.24) is 4.98 Å². The summed E-state index contributed by atoms with van der Waals surface area (Å²) >= 11 is 1.64. The summed E-state index contributed by atoms with van der Waals surface area (Å²) in [7, 11) is 0. The largest absolute Gasteiger partial charge is 0.388 e. The Morgan fingerprint density at radius 1 is 1.31 bits per heavy atom. The first-order valence-corrected chi connectivity index (χ1v) is 6.26. The van der Waals surface area contributed by atoms with Gasteiger partial charge in [0.2, 0.25) is 0 Å². The smallest absolute Gasteiger partial charge is 0.0925 e. The molecule has 1 heterocycles. The Balaban J connectivity index is 1.93. The molecule has 0 saturated carbocycles. The average Bonchev–Trinajstić information content (AvgIpc) is 2.80. The van der Waals surface area contributed by atoms with Crippen molar-refractivity contribution in [2.45, 2.75) is 25.9 Å². The van der Waals surface area contributed by atoms with Crippen LogP contribution in [0.4, 0.5) is 0 Å². The van der Waals surface area contributed by atoms with Crippen LogP contribution in [0.2, 0.25) is 0 Å². The zero-order chi connectivity index (χ0) is 11.4. The van der Waals surface area contributed by atoms with E-state index in [1.54, 1.807) is 17.5 Å². The van der Waals surface area contributed by atoms with Crippen molar-refractivity contribution < 1.29 is 5.11 Å². The van der Waals surface area contributed by atoms with Gasteiger partial charge in [-0.05, 0) is 18.9 Å². The molecule has 0 saturated heterocycles. The fourth-order valence-corrected chi connectivity index (χ4v) is 2.23. The van der Waals surface area contributed by atoms with Gasteiger partial charge in [-0.25, -0.2) is 4.98 Å². The van der Waals surface area contributed by atoms with Crippen LogP contribution in [-0.2, 0) is 6.42 Å². The van der Waals surface area contributed by atoms with Crippen LogP contribution >= 0.6 is 11.3 Å². The molecular formula is C13H15NOS. The van der Waals surface area contributed by atoms with E-state index >= 15 is 0 Å². The van der Waals surface area contributed by atoms with Crippen LogP contribution in [0.3, 0.4) is 0 Å². The lowest BCUT2D eigenvalue weighted by atomic mass is 10.0. The third-order valence-electron chi connectivity index (χ3n) is 2.58. The first kappa shape index (κ1) is 11.3. The molecule has 3 heteroatoms. The standard InChI is InChI=1S/C13H15NOS/c1-10-2-4-11(5-3-10)12(15)6-7-13-14-8-9-16-13/h2-5,8-9,12,15H,6-7H2,1H3. The van der Waals surface area contributed by atoms with E-state index in [-0.39, 0.29) is 6.10 Å². The zero-order valence-corrected chi connectivity index (χ0v) is 10.1. The van der Waals surface area contributed by atoms with Gasteiger partial charge in [-0.15, -0.1) is 11.3 Å². The molecule has 0 amide bonds. The van der Waals surface area contributed by atoms with Crippen LogP contribution in [0, 0.1) is 6.92 Å². The number of aryl methyl sites for hydroxylation is 2. The average molecular weight is 233 g/mol. The summed E-state index contributed by atoms with van der Waals surface area (Å²) in [5, 5.41) is 13.0. The minimum Gasteiger partial charge on any atom is -0.388 e. The van der Waals surface area contributed by atoms with Gasteiger partial charge in [-0.3, -0.25) is 0 Å². The quantitative estimate of drug-likeness (QED) is 0.880. The molecule has 0 spiro atoms. The molecule has 0 aliphatic heterocycles. The van der Waals surface area contributed by atoms with Gasteiger partial charge < -0.3 is 5.11 Å². The normalized spacial score (nSPS) is 12.6. The van der Waals surface area contributed by atoms with E-state index in [9.17, 15) is 5.11 Å². The third-order valence-corrected chi connectivity index (χ3v) is 3.42. The van der Waals surface area contributed by atoms with Gasteiger partial charge in [0.25, 0.3) is 0 Å². The molecule has 0 bridgehead atoms. The molecule has 16 heavy (non-hydrogen) atoms. The Bertz CT molecular complexity index is 422. The molecule has 1 N–H and O–H groups in total. The lowest BCUT2D eigenvalue weighted by Gasteiger charge is -2.09. The highest BCUT2D eigenvalue weighted by Gasteiger charge is 2.08. The number of thiazole rings is 1. The van der Waals surface area contributed by atoms with Crippen molar-refractivity contribution >= 4 is 11.3 Å². The molecule has 1 atom stereocenters. The van der Waals surface area contributed by atoms with Gasteiger partial charge in [-0.1, -0.05) is 29.8 Å². The van der Waals surface area contributed by atoms with Crippen molar-refractivity contribution in [2.75, 3.05) is 0 Å². The van der Waals surface area contributed by atoms with Crippen LogP contribution in [0.5, 0.6) is 0 Å². The Morgan fingerprint density at radius 2 is 2.06 bits per heavy atom. The van der Waals surface area contributed by atoms with Crippen LogP contribution in [0.25, 0.3) is 0 Å². The minimum absolute atomic E-state index is 0.385. The van der Waals surface area contributed by atoms with E-state index in [0.29, 0.717) is 0 Å². The number of aromatic nitrogens is 1. The number of hydrogen-bond acceptors (Lipinski definition) is 3. The number of benzene rings is 1. The molecule has 0 radical (unpaired) electrons. The Labute approximate surface area is 99.6 Å². The molecule has 2 aromatic rings. The van der Waals surface area contributed by atoms with Gasteiger partial charge >= 0.3 is 0 Å².